The summed E-state index contributed by atoms with van der Waals surface area (Å²) >= 11 is 0. The Morgan fingerprint density at radius 2 is 1.61 bits per heavy atom. The maximum atomic E-state index is 13.1. The number of rotatable bonds is 16. The van der Waals surface area contributed by atoms with Crippen LogP contribution in [0.15, 0.2) is 91.5 Å². The lowest BCUT2D eigenvalue weighted by Gasteiger charge is -2.34. The molecule has 2 aromatic carbocycles. The summed E-state index contributed by atoms with van der Waals surface area (Å²) in [5.74, 6) is 0.384. The van der Waals surface area contributed by atoms with E-state index in [1.165, 1.54) is 23.4 Å². The summed E-state index contributed by atoms with van der Waals surface area (Å²) in [7, 11) is 3.58. The van der Waals surface area contributed by atoms with Crippen LogP contribution < -0.4 is 19.5 Å². The van der Waals surface area contributed by atoms with Crippen molar-refractivity contribution in [1.82, 2.24) is 29.7 Å². The lowest BCUT2D eigenvalue weighted by molar-refractivity contribution is -0.136. The van der Waals surface area contributed by atoms with E-state index in [0.717, 1.165) is 78.1 Å². The highest BCUT2D eigenvalue weighted by Crippen LogP contribution is 2.33. The minimum absolute atomic E-state index is 0.0506. The van der Waals surface area contributed by atoms with Gasteiger partial charge in [0.15, 0.2) is 6.29 Å². The van der Waals surface area contributed by atoms with Gasteiger partial charge in [-0.05, 0) is 73.2 Å². The molecule has 302 valence electrons. The Hall–Kier alpha value is -6.63. The van der Waals surface area contributed by atoms with E-state index in [-0.39, 0.29) is 42.1 Å². The van der Waals surface area contributed by atoms with Gasteiger partial charge in [-0.1, -0.05) is 31.0 Å². The topological polar surface area (TPSA) is 155 Å². The average Bonchev–Trinajstić information content (AvgIpc) is 3.53. The fraction of sp³-hybridized carbons (Fsp3) is 0.326. The SMILES string of the molecule is CN(C(=O)c1ccc(OCCCCCCc2ccc(OC3CC(Oc4ccc(-c5ccc6c7cnccc7n(C)c6c5)cn4)C3)nc2)cc1C=O)C1CCC(=O)NC1=O. The first-order valence-corrected chi connectivity index (χ1v) is 20.1. The van der Waals surface area contributed by atoms with E-state index < -0.39 is 17.9 Å². The van der Waals surface area contributed by atoms with E-state index in [9.17, 15) is 19.2 Å². The molecule has 5 heterocycles. The van der Waals surface area contributed by atoms with Gasteiger partial charge in [0.25, 0.3) is 5.91 Å². The smallest absolute Gasteiger partial charge is 0.255 e. The third-order valence-corrected chi connectivity index (χ3v) is 11.3. The van der Waals surface area contributed by atoms with Crippen molar-refractivity contribution < 1.29 is 33.4 Å². The molecule has 0 bridgehead atoms. The highest BCUT2D eigenvalue weighted by Gasteiger charge is 2.34. The quantitative estimate of drug-likeness (QED) is 0.0613. The molecule has 1 atom stereocenters. The summed E-state index contributed by atoms with van der Waals surface area (Å²) in [4.78, 5) is 63.3. The third kappa shape index (κ3) is 8.79. The molecule has 6 aromatic rings. The molecule has 4 aromatic heterocycles. The molecule has 1 N–H and O–H groups in total. The predicted molar refractivity (Wildman–Crippen MR) is 222 cm³/mol. The van der Waals surface area contributed by atoms with Crippen LogP contribution in [-0.4, -0.2) is 80.3 Å². The van der Waals surface area contributed by atoms with Gasteiger partial charge in [0, 0.05) is 97.7 Å². The summed E-state index contributed by atoms with van der Waals surface area (Å²) in [6.45, 7) is 0.480. The first-order chi connectivity index (χ1) is 28.7. The summed E-state index contributed by atoms with van der Waals surface area (Å²) in [5.41, 5.74) is 5.96. The molecular formula is C46H46N6O7. The molecular weight excluding hydrogens is 749 g/mol. The number of nitrogens with one attached hydrogen (secondary N) is 1. The summed E-state index contributed by atoms with van der Waals surface area (Å²) in [6.07, 6.45) is 14.9. The van der Waals surface area contributed by atoms with Gasteiger partial charge in [-0.15, -0.1) is 0 Å². The Morgan fingerprint density at radius 3 is 2.34 bits per heavy atom. The number of unbranched alkanes of at least 4 members (excludes halogenated alkanes) is 3. The van der Waals surface area contributed by atoms with Gasteiger partial charge < -0.3 is 23.7 Å². The highest BCUT2D eigenvalue weighted by atomic mass is 16.5. The van der Waals surface area contributed by atoms with E-state index in [1.54, 1.807) is 12.1 Å². The first-order valence-electron chi connectivity index (χ1n) is 20.1. The molecule has 13 heteroatoms. The number of aldehydes is 1. The number of carbonyl (C=O) groups is 4. The van der Waals surface area contributed by atoms with Gasteiger partial charge in [-0.3, -0.25) is 29.5 Å². The van der Waals surface area contributed by atoms with Crippen molar-refractivity contribution in [3.05, 3.63) is 108 Å². The zero-order chi connectivity index (χ0) is 40.9. The van der Waals surface area contributed by atoms with Crippen LogP contribution in [0.25, 0.3) is 32.9 Å². The molecule has 8 rings (SSSR count). The second kappa shape index (κ2) is 17.5. The normalized spacial score (nSPS) is 17.6. The Kier molecular flexibility index (Phi) is 11.6. The number of benzene rings is 2. The van der Waals surface area contributed by atoms with Crippen molar-refractivity contribution in [2.75, 3.05) is 13.7 Å². The number of carbonyl (C=O) groups excluding carboxylic acids is 4. The largest absolute Gasteiger partial charge is 0.494 e. The summed E-state index contributed by atoms with van der Waals surface area (Å²) < 4.78 is 20.3. The van der Waals surface area contributed by atoms with Gasteiger partial charge in [-0.2, -0.15) is 0 Å². The number of likely N-dealkylation sites (N-methyl/N-ethyl adjacent to an activating group) is 1. The van der Waals surface area contributed by atoms with Crippen molar-refractivity contribution in [3.8, 4) is 28.6 Å². The lowest BCUT2D eigenvalue weighted by atomic mass is 9.92. The average molecular weight is 795 g/mol. The van der Waals surface area contributed by atoms with Crippen LogP contribution in [0.4, 0.5) is 0 Å². The molecule has 0 radical (unpaired) electrons. The molecule has 59 heavy (non-hydrogen) atoms. The number of ether oxygens (including phenoxy) is 3. The Labute approximate surface area is 341 Å². The van der Waals surface area contributed by atoms with E-state index in [1.807, 2.05) is 43.0 Å². The zero-order valence-corrected chi connectivity index (χ0v) is 33.1. The number of aryl methyl sites for hydroxylation is 2. The highest BCUT2D eigenvalue weighted by molar-refractivity contribution is 6.09. The molecule has 1 aliphatic heterocycles. The number of nitrogens with zero attached hydrogens (tertiary/aromatic N) is 5. The molecule has 1 aliphatic carbocycles. The van der Waals surface area contributed by atoms with Crippen LogP contribution in [0.1, 0.15) is 77.6 Å². The standard InChI is InChI=1S/C46H46N6O7/c1-51-39-18-19-47-27-38(39)37-12-9-30(22-41(37)51)31-10-17-44(49-26-31)59-35-23-34(24-35)58-43-16-8-29(25-48-43)7-5-3-4-6-20-57-33-11-13-36(32(21-33)28-53)46(56)52(2)40-14-15-42(54)50-45(40)55/h8-13,16-19,21-22,25-28,34-35,40H,3-7,14-15,20,23-24H2,1-2H3,(H,50,54,55). The predicted octanol–water partition coefficient (Wildman–Crippen LogP) is 7.04. The minimum atomic E-state index is -0.772. The maximum absolute atomic E-state index is 13.1. The molecule has 2 fully saturated rings. The molecule has 0 spiro atoms. The molecule has 13 nitrogen and oxygen atoms in total. The molecule has 1 saturated carbocycles. The second-order valence-electron chi connectivity index (χ2n) is 15.3. The van der Waals surface area contributed by atoms with Crippen LogP contribution >= 0.6 is 0 Å². The van der Waals surface area contributed by atoms with E-state index >= 15 is 0 Å². The van der Waals surface area contributed by atoms with Crippen molar-refractivity contribution >= 4 is 45.8 Å². The van der Waals surface area contributed by atoms with Crippen molar-refractivity contribution in [2.45, 2.75) is 76.0 Å². The number of hydrogen-bond acceptors (Lipinski definition) is 10. The van der Waals surface area contributed by atoms with Crippen molar-refractivity contribution in [2.24, 2.45) is 7.05 Å². The number of fused-ring (bicyclic) bond motifs is 3. The summed E-state index contributed by atoms with van der Waals surface area (Å²) in [5, 5.41) is 4.59. The number of hydrogen-bond donors (Lipinski definition) is 1. The first kappa shape index (κ1) is 39.2. The van der Waals surface area contributed by atoms with Crippen LogP contribution in [0.2, 0.25) is 0 Å². The third-order valence-electron chi connectivity index (χ3n) is 11.3. The Bertz CT molecular complexity index is 2490. The second-order valence-corrected chi connectivity index (χ2v) is 15.3. The molecule has 3 amide bonds. The van der Waals surface area contributed by atoms with Gasteiger partial charge in [0.1, 0.15) is 24.0 Å². The van der Waals surface area contributed by atoms with Crippen molar-refractivity contribution in [1.29, 1.82) is 0 Å². The van der Waals surface area contributed by atoms with Crippen LogP contribution in [-0.2, 0) is 23.1 Å². The molecule has 1 saturated heterocycles. The Morgan fingerprint density at radius 1 is 0.847 bits per heavy atom. The monoisotopic (exact) mass is 794 g/mol. The number of imide groups is 1. The van der Waals surface area contributed by atoms with Gasteiger partial charge in [0.05, 0.1) is 17.7 Å². The zero-order valence-electron chi connectivity index (χ0n) is 33.1. The van der Waals surface area contributed by atoms with Gasteiger partial charge in [-0.25, -0.2) is 9.97 Å². The fourth-order valence-corrected chi connectivity index (χ4v) is 7.81. The Balaban J connectivity index is 0.711. The maximum Gasteiger partial charge on any atom is 0.255 e. The number of aromatic nitrogens is 4. The lowest BCUT2D eigenvalue weighted by Crippen LogP contribution is -2.53. The fourth-order valence-electron chi connectivity index (χ4n) is 7.81. The molecule has 2 aliphatic rings. The van der Waals surface area contributed by atoms with Gasteiger partial charge in [0.2, 0.25) is 23.6 Å². The van der Waals surface area contributed by atoms with Crippen LogP contribution in [0, 0.1) is 0 Å². The number of pyridine rings is 3. The van der Waals surface area contributed by atoms with Gasteiger partial charge >= 0.3 is 0 Å². The summed E-state index contributed by atoms with van der Waals surface area (Å²) in [6, 6.07) is 20.5. The number of amides is 3. The van der Waals surface area contributed by atoms with E-state index in [0.29, 0.717) is 30.4 Å². The molecule has 1 unspecified atom stereocenters. The van der Waals surface area contributed by atoms with E-state index in [2.05, 4.69) is 62.2 Å². The minimum Gasteiger partial charge on any atom is -0.494 e. The van der Waals surface area contributed by atoms with Crippen LogP contribution in [0.3, 0.4) is 0 Å². The number of piperidine rings is 1. The van der Waals surface area contributed by atoms with Crippen LogP contribution in [0.5, 0.6) is 17.5 Å². The van der Waals surface area contributed by atoms with E-state index in [4.69, 9.17) is 14.2 Å². The van der Waals surface area contributed by atoms with Crippen molar-refractivity contribution in [3.63, 3.8) is 0 Å².